The van der Waals surface area contributed by atoms with Crippen LogP contribution in [0.5, 0.6) is 11.5 Å². The van der Waals surface area contributed by atoms with Crippen molar-refractivity contribution in [1.82, 2.24) is 0 Å². The number of phenolic OH excluding ortho intramolecular Hbond substituents is 1. The van der Waals surface area contributed by atoms with Gasteiger partial charge in [-0.3, -0.25) is 0 Å². The number of aromatic hydroxyl groups is 1. The molecular formula is C25H38O16. The molecule has 0 unspecified atom stereocenters. The molecule has 3 fully saturated rings. The third kappa shape index (κ3) is 7.09. The maximum absolute atomic E-state index is 10.7. The molecule has 0 spiro atoms. The Kier molecular flexibility index (Phi) is 10.8. The second kappa shape index (κ2) is 13.7. The zero-order chi connectivity index (χ0) is 30.0. The molecule has 0 saturated carbocycles. The van der Waals surface area contributed by atoms with E-state index >= 15 is 0 Å². The van der Waals surface area contributed by atoms with E-state index in [9.17, 15) is 51.1 Å². The first-order valence-corrected chi connectivity index (χ1v) is 13.2. The van der Waals surface area contributed by atoms with Gasteiger partial charge in [-0.15, -0.1) is 0 Å². The topological polar surface area (TPSA) is 258 Å². The Morgan fingerprint density at radius 2 is 1.51 bits per heavy atom. The molecule has 3 aliphatic heterocycles. The van der Waals surface area contributed by atoms with E-state index in [1.807, 2.05) is 0 Å². The molecule has 3 heterocycles. The second-order valence-corrected chi connectivity index (χ2v) is 10.3. The minimum Gasteiger partial charge on any atom is -0.504 e. The fraction of sp³-hybridized carbons (Fsp3) is 0.760. The lowest BCUT2D eigenvalue weighted by Crippen LogP contribution is -2.62. The fourth-order valence-corrected chi connectivity index (χ4v) is 4.73. The smallest absolute Gasteiger partial charge is 0.229 e. The molecule has 1 aromatic carbocycles. The summed E-state index contributed by atoms with van der Waals surface area (Å²) in [5.74, 6) is -0.419. The summed E-state index contributed by atoms with van der Waals surface area (Å²) in [4.78, 5) is 0. The molecule has 16 nitrogen and oxygen atoms in total. The standard InChI is InChI=1S/C25H38O16/c1-9-15(29)19(33)22(41-24-20(34)16(30)12(28)8-37-24)25(38-9)39-13-6-10(2-3-11(13)27)4-5-36-23-21(35)18(32)17(31)14(7-26)40-23/h2-3,6,9,12,14-35H,4-5,7-8H2,1H3/t9-,12-,14+,15-,16-,17+,18-,19+,20+,21+,22+,23+,24-,25-/m0/s1. The van der Waals surface area contributed by atoms with Crippen molar-refractivity contribution < 1.29 is 79.5 Å². The van der Waals surface area contributed by atoms with Gasteiger partial charge in [0.15, 0.2) is 30.2 Å². The van der Waals surface area contributed by atoms with Crippen LogP contribution >= 0.6 is 0 Å². The van der Waals surface area contributed by atoms with Gasteiger partial charge in [-0.25, -0.2) is 0 Å². The van der Waals surface area contributed by atoms with E-state index in [1.165, 1.54) is 19.1 Å². The van der Waals surface area contributed by atoms with E-state index in [2.05, 4.69) is 0 Å². The Labute approximate surface area is 234 Å². The van der Waals surface area contributed by atoms with Crippen molar-refractivity contribution in [2.75, 3.05) is 19.8 Å². The van der Waals surface area contributed by atoms with Crippen LogP contribution in [0.25, 0.3) is 0 Å². The number of benzene rings is 1. The molecule has 3 aliphatic rings. The van der Waals surface area contributed by atoms with Crippen molar-refractivity contribution in [3.63, 3.8) is 0 Å². The van der Waals surface area contributed by atoms with E-state index < -0.39 is 92.6 Å². The summed E-state index contributed by atoms with van der Waals surface area (Å²) in [6.07, 6.45) is -19.9. The summed E-state index contributed by atoms with van der Waals surface area (Å²) >= 11 is 0. The Morgan fingerprint density at radius 3 is 2.22 bits per heavy atom. The average molecular weight is 595 g/mol. The van der Waals surface area contributed by atoms with Crippen molar-refractivity contribution in [2.45, 2.75) is 99.4 Å². The summed E-state index contributed by atoms with van der Waals surface area (Å²) in [6.45, 7) is 0.450. The molecular weight excluding hydrogens is 556 g/mol. The van der Waals surface area contributed by atoms with E-state index in [-0.39, 0.29) is 31.1 Å². The maximum Gasteiger partial charge on any atom is 0.229 e. The van der Waals surface area contributed by atoms with Crippen molar-refractivity contribution in [3.8, 4) is 11.5 Å². The molecule has 3 saturated heterocycles. The normalized spacial score (nSPS) is 43.6. The van der Waals surface area contributed by atoms with Crippen molar-refractivity contribution in [3.05, 3.63) is 23.8 Å². The largest absolute Gasteiger partial charge is 0.504 e. The van der Waals surface area contributed by atoms with Gasteiger partial charge in [0.05, 0.1) is 25.9 Å². The van der Waals surface area contributed by atoms with Gasteiger partial charge < -0.3 is 79.5 Å². The fourth-order valence-electron chi connectivity index (χ4n) is 4.73. The Morgan fingerprint density at radius 1 is 0.805 bits per heavy atom. The minimum atomic E-state index is -1.69. The van der Waals surface area contributed by atoms with Crippen LogP contribution in [0, 0.1) is 0 Å². The molecule has 0 amide bonds. The number of rotatable bonds is 9. The summed E-state index contributed by atoms with van der Waals surface area (Å²) in [7, 11) is 0. The summed E-state index contributed by atoms with van der Waals surface area (Å²) in [5.41, 5.74) is 0.562. The molecule has 41 heavy (non-hydrogen) atoms. The lowest BCUT2D eigenvalue weighted by atomic mass is 9.99. The van der Waals surface area contributed by atoms with Crippen molar-refractivity contribution in [1.29, 1.82) is 0 Å². The zero-order valence-corrected chi connectivity index (χ0v) is 22.1. The van der Waals surface area contributed by atoms with Crippen LogP contribution in [-0.2, 0) is 30.1 Å². The van der Waals surface area contributed by atoms with E-state index in [0.29, 0.717) is 5.56 Å². The highest BCUT2D eigenvalue weighted by molar-refractivity contribution is 5.42. The van der Waals surface area contributed by atoms with Gasteiger partial charge in [0.1, 0.15) is 54.9 Å². The van der Waals surface area contributed by atoms with Gasteiger partial charge in [-0.1, -0.05) is 6.07 Å². The lowest BCUT2D eigenvalue weighted by molar-refractivity contribution is -0.341. The van der Waals surface area contributed by atoms with Gasteiger partial charge in [0.25, 0.3) is 0 Å². The zero-order valence-electron chi connectivity index (χ0n) is 22.1. The number of ether oxygens (including phenoxy) is 6. The molecule has 1 aromatic rings. The van der Waals surface area contributed by atoms with Crippen LogP contribution in [0.2, 0.25) is 0 Å². The molecule has 0 aliphatic carbocycles. The molecule has 14 atom stereocenters. The second-order valence-electron chi connectivity index (χ2n) is 10.3. The van der Waals surface area contributed by atoms with Gasteiger partial charge in [-0.05, 0) is 31.0 Å². The molecule has 0 aromatic heterocycles. The van der Waals surface area contributed by atoms with Crippen molar-refractivity contribution in [2.24, 2.45) is 0 Å². The maximum atomic E-state index is 10.7. The highest BCUT2D eigenvalue weighted by Gasteiger charge is 2.49. The van der Waals surface area contributed by atoms with Crippen LogP contribution in [0.1, 0.15) is 12.5 Å². The quantitative estimate of drug-likeness (QED) is 0.129. The molecule has 0 bridgehead atoms. The highest BCUT2D eigenvalue weighted by atomic mass is 16.8. The Hall–Kier alpha value is -1.74. The van der Waals surface area contributed by atoms with Gasteiger partial charge in [0.2, 0.25) is 6.29 Å². The van der Waals surface area contributed by atoms with Crippen molar-refractivity contribution >= 4 is 0 Å². The molecule has 234 valence electrons. The first-order chi connectivity index (χ1) is 19.4. The molecule has 0 radical (unpaired) electrons. The monoisotopic (exact) mass is 594 g/mol. The SMILES string of the molecule is C[C@@H]1O[C@@H](Oc2cc(CCO[C@@H]3O[C@H](CO)[C@@H](O)[C@H](O)[C@H]3O)ccc2O)[C@H](O[C@@H]2OC[C@H](O)[C@H](O)[C@H]2O)[C@H](O)[C@H]1O. The molecule has 10 N–H and O–H groups in total. The van der Waals surface area contributed by atoms with Gasteiger partial charge in [-0.2, -0.15) is 0 Å². The van der Waals surface area contributed by atoms with E-state index in [1.54, 1.807) is 6.07 Å². The highest BCUT2D eigenvalue weighted by Crippen LogP contribution is 2.33. The number of phenols is 1. The Balaban J connectivity index is 1.42. The summed E-state index contributed by atoms with van der Waals surface area (Å²) in [6, 6.07) is 4.30. The van der Waals surface area contributed by atoms with E-state index in [0.717, 1.165) is 0 Å². The molecule has 4 rings (SSSR count). The Bertz CT molecular complexity index is 981. The van der Waals surface area contributed by atoms with Crippen LogP contribution in [-0.4, -0.2) is 157 Å². The number of aliphatic hydroxyl groups is 9. The van der Waals surface area contributed by atoms with Gasteiger partial charge >= 0.3 is 0 Å². The summed E-state index contributed by atoms with van der Waals surface area (Å²) < 4.78 is 33.1. The number of hydrogen-bond donors (Lipinski definition) is 10. The van der Waals surface area contributed by atoms with Gasteiger partial charge in [0, 0.05) is 0 Å². The first kappa shape index (κ1) is 32.2. The third-order valence-electron chi connectivity index (χ3n) is 7.32. The van der Waals surface area contributed by atoms with Crippen LogP contribution in [0.3, 0.4) is 0 Å². The molecule has 16 heteroatoms. The third-order valence-corrected chi connectivity index (χ3v) is 7.32. The predicted octanol–water partition coefficient (Wildman–Crippen LogP) is -4.58. The number of hydrogen-bond acceptors (Lipinski definition) is 16. The number of aliphatic hydroxyl groups excluding tert-OH is 9. The van der Waals surface area contributed by atoms with Crippen LogP contribution in [0.15, 0.2) is 18.2 Å². The van der Waals surface area contributed by atoms with Crippen LogP contribution in [0.4, 0.5) is 0 Å². The van der Waals surface area contributed by atoms with E-state index in [4.69, 9.17) is 28.4 Å². The predicted molar refractivity (Wildman–Crippen MR) is 131 cm³/mol. The van der Waals surface area contributed by atoms with Crippen LogP contribution < -0.4 is 4.74 Å². The average Bonchev–Trinajstić information content (AvgIpc) is 2.95. The summed E-state index contributed by atoms with van der Waals surface area (Å²) in [5, 5.41) is 101. The lowest BCUT2D eigenvalue weighted by Gasteiger charge is -2.44. The minimum absolute atomic E-state index is 0.0500. The first-order valence-electron chi connectivity index (χ1n) is 13.2.